The van der Waals surface area contributed by atoms with E-state index in [-0.39, 0.29) is 11.8 Å². The number of nitrogens with zero attached hydrogens (tertiary/aromatic N) is 2. The van der Waals surface area contributed by atoms with E-state index in [2.05, 4.69) is 14.8 Å². The largest absolute Gasteiger partial charge is 0.468 e. The second-order valence-electron chi connectivity index (χ2n) is 6.68. The molecule has 4 rings (SSSR count). The predicted molar refractivity (Wildman–Crippen MR) is 97.6 cm³/mol. The summed E-state index contributed by atoms with van der Waals surface area (Å²) in [5.74, 6) is 1.19. The van der Waals surface area contributed by atoms with Crippen LogP contribution in [0, 0.1) is 0 Å². The topological polar surface area (TPSA) is 52.5 Å². The summed E-state index contributed by atoms with van der Waals surface area (Å²) in [5.41, 5.74) is 1.81. The first kappa shape index (κ1) is 16.1. The van der Waals surface area contributed by atoms with Gasteiger partial charge in [0, 0.05) is 48.8 Å². The summed E-state index contributed by atoms with van der Waals surface area (Å²) in [6.45, 7) is 6.56. The normalized spacial score (nSPS) is 17.8. The van der Waals surface area contributed by atoms with E-state index in [0.29, 0.717) is 0 Å². The van der Waals surface area contributed by atoms with E-state index in [4.69, 9.17) is 4.42 Å². The Kier molecular flexibility index (Phi) is 4.42. The Labute approximate surface area is 147 Å². The molecule has 130 valence electrons. The molecule has 1 N–H and O–H groups in total. The number of aromatic nitrogens is 1. The number of para-hydroxylation sites is 1. The monoisotopic (exact) mass is 337 g/mol. The molecule has 1 aliphatic rings. The van der Waals surface area contributed by atoms with E-state index in [1.165, 1.54) is 0 Å². The van der Waals surface area contributed by atoms with Crippen LogP contribution < -0.4 is 0 Å². The van der Waals surface area contributed by atoms with Gasteiger partial charge in [-0.15, -0.1) is 0 Å². The first-order valence-corrected chi connectivity index (χ1v) is 8.81. The van der Waals surface area contributed by atoms with Crippen LogP contribution in [0.2, 0.25) is 0 Å². The number of H-pyrrole nitrogens is 1. The third kappa shape index (κ3) is 3.25. The molecule has 1 unspecified atom stereocenters. The Balaban J connectivity index is 1.40. The van der Waals surface area contributed by atoms with E-state index in [1.807, 2.05) is 49.5 Å². The standard InChI is InChI=1S/C20H23N3O2/c1-15(20(24)18-13-21-19-7-3-2-6-17(18)19)23-10-8-22(9-11-23)14-16-5-4-12-25-16/h2-7,12-13,15,21H,8-11,14H2,1H3. The number of hydrogen-bond acceptors (Lipinski definition) is 4. The molecule has 5 nitrogen and oxygen atoms in total. The van der Waals surface area contributed by atoms with Crippen LogP contribution in [-0.4, -0.2) is 52.8 Å². The number of furan rings is 1. The van der Waals surface area contributed by atoms with Gasteiger partial charge in [-0.25, -0.2) is 0 Å². The van der Waals surface area contributed by atoms with Crippen molar-refractivity contribution in [3.8, 4) is 0 Å². The van der Waals surface area contributed by atoms with Crippen molar-refractivity contribution in [2.24, 2.45) is 0 Å². The van der Waals surface area contributed by atoms with Gasteiger partial charge in [0.1, 0.15) is 5.76 Å². The Morgan fingerprint density at radius 2 is 1.96 bits per heavy atom. The Hall–Kier alpha value is -2.37. The molecule has 0 bridgehead atoms. The average Bonchev–Trinajstić information content (AvgIpc) is 3.31. The summed E-state index contributed by atoms with van der Waals surface area (Å²) in [7, 11) is 0. The van der Waals surface area contributed by atoms with Crippen molar-refractivity contribution in [3.63, 3.8) is 0 Å². The van der Waals surface area contributed by atoms with Gasteiger partial charge < -0.3 is 9.40 Å². The number of fused-ring (bicyclic) bond motifs is 1. The molecule has 25 heavy (non-hydrogen) atoms. The van der Waals surface area contributed by atoms with Gasteiger partial charge in [0.25, 0.3) is 0 Å². The van der Waals surface area contributed by atoms with Crippen molar-refractivity contribution < 1.29 is 9.21 Å². The molecule has 1 aromatic carbocycles. The van der Waals surface area contributed by atoms with Gasteiger partial charge >= 0.3 is 0 Å². The van der Waals surface area contributed by atoms with Crippen molar-refractivity contribution in [1.29, 1.82) is 0 Å². The van der Waals surface area contributed by atoms with E-state index < -0.39 is 0 Å². The van der Waals surface area contributed by atoms with Crippen molar-refractivity contribution in [1.82, 2.24) is 14.8 Å². The maximum atomic E-state index is 13.0. The number of piperazine rings is 1. The second kappa shape index (κ2) is 6.86. The quantitative estimate of drug-likeness (QED) is 0.727. The smallest absolute Gasteiger partial charge is 0.181 e. The summed E-state index contributed by atoms with van der Waals surface area (Å²) in [4.78, 5) is 20.8. The highest BCUT2D eigenvalue weighted by atomic mass is 16.3. The van der Waals surface area contributed by atoms with Crippen molar-refractivity contribution in [2.75, 3.05) is 26.2 Å². The molecule has 3 aromatic rings. The van der Waals surface area contributed by atoms with E-state index >= 15 is 0 Å². The Bertz CT molecular complexity index is 845. The zero-order valence-corrected chi connectivity index (χ0v) is 14.4. The number of carbonyl (C=O) groups is 1. The highest BCUT2D eigenvalue weighted by Crippen LogP contribution is 2.21. The van der Waals surface area contributed by atoms with Crippen molar-refractivity contribution in [2.45, 2.75) is 19.5 Å². The fourth-order valence-corrected chi connectivity index (χ4v) is 3.60. The van der Waals surface area contributed by atoms with Gasteiger partial charge in [0.2, 0.25) is 0 Å². The van der Waals surface area contributed by atoms with Crippen LogP contribution in [0.3, 0.4) is 0 Å². The molecule has 0 radical (unpaired) electrons. The number of benzene rings is 1. The summed E-state index contributed by atoms with van der Waals surface area (Å²) in [5, 5.41) is 1.01. The van der Waals surface area contributed by atoms with Gasteiger partial charge in [0.05, 0.1) is 18.8 Å². The van der Waals surface area contributed by atoms with E-state index in [0.717, 1.165) is 55.0 Å². The number of nitrogens with one attached hydrogen (secondary N) is 1. The minimum atomic E-state index is -0.107. The van der Waals surface area contributed by atoms with Crippen molar-refractivity contribution >= 4 is 16.7 Å². The summed E-state index contributed by atoms with van der Waals surface area (Å²) >= 11 is 0. The van der Waals surface area contributed by atoms with Gasteiger partial charge in [-0.1, -0.05) is 18.2 Å². The zero-order valence-electron chi connectivity index (χ0n) is 14.4. The molecule has 0 spiro atoms. The lowest BCUT2D eigenvalue weighted by molar-refractivity contribution is 0.0675. The number of Topliss-reactive ketones (excluding diaryl/α,β-unsaturated/α-hetero) is 1. The van der Waals surface area contributed by atoms with Gasteiger partial charge in [-0.05, 0) is 25.1 Å². The first-order chi connectivity index (χ1) is 12.2. The van der Waals surface area contributed by atoms with Crippen LogP contribution in [-0.2, 0) is 6.54 Å². The second-order valence-corrected chi connectivity index (χ2v) is 6.68. The first-order valence-electron chi connectivity index (χ1n) is 8.81. The summed E-state index contributed by atoms with van der Waals surface area (Å²) in [6, 6.07) is 11.8. The molecule has 2 aromatic heterocycles. The molecule has 0 aliphatic carbocycles. The lowest BCUT2D eigenvalue weighted by Gasteiger charge is -2.37. The molecule has 1 saturated heterocycles. The van der Waals surface area contributed by atoms with Gasteiger partial charge in [-0.2, -0.15) is 0 Å². The van der Waals surface area contributed by atoms with Crippen LogP contribution in [0.5, 0.6) is 0 Å². The SMILES string of the molecule is CC(C(=O)c1c[nH]c2ccccc12)N1CCN(Cc2ccco2)CC1. The van der Waals surface area contributed by atoms with Crippen LogP contribution in [0.15, 0.2) is 53.3 Å². The van der Waals surface area contributed by atoms with Gasteiger partial charge in [0.15, 0.2) is 5.78 Å². The molecule has 1 aliphatic heterocycles. The fraction of sp³-hybridized carbons (Fsp3) is 0.350. The number of carbonyl (C=O) groups excluding carboxylic acids is 1. The molecule has 0 amide bonds. The van der Waals surface area contributed by atoms with Crippen LogP contribution in [0.1, 0.15) is 23.0 Å². The summed E-state index contributed by atoms with van der Waals surface area (Å²) in [6.07, 6.45) is 3.56. The lowest BCUT2D eigenvalue weighted by atomic mass is 10.0. The Morgan fingerprint density at radius 1 is 1.16 bits per heavy atom. The molecule has 3 heterocycles. The van der Waals surface area contributed by atoms with Crippen LogP contribution in [0.4, 0.5) is 0 Å². The third-order valence-corrected chi connectivity index (χ3v) is 5.15. The predicted octanol–water partition coefficient (Wildman–Crippen LogP) is 3.15. The summed E-state index contributed by atoms with van der Waals surface area (Å²) < 4.78 is 5.43. The number of rotatable bonds is 5. The maximum Gasteiger partial charge on any atom is 0.181 e. The number of hydrogen-bond donors (Lipinski definition) is 1. The maximum absolute atomic E-state index is 13.0. The molecule has 1 atom stereocenters. The van der Waals surface area contributed by atoms with E-state index in [9.17, 15) is 4.79 Å². The molecule has 5 heteroatoms. The highest BCUT2D eigenvalue weighted by Gasteiger charge is 2.27. The van der Waals surface area contributed by atoms with Crippen molar-refractivity contribution in [3.05, 3.63) is 60.2 Å². The molecule has 0 saturated carbocycles. The van der Waals surface area contributed by atoms with Gasteiger partial charge in [-0.3, -0.25) is 14.6 Å². The number of aromatic amines is 1. The fourth-order valence-electron chi connectivity index (χ4n) is 3.60. The molecular formula is C20H23N3O2. The highest BCUT2D eigenvalue weighted by molar-refractivity contribution is 6.10. The third-order valence-electron chi connectivity index (χ3n) is 5.15. The lowest BCUT2D eigenvalue weighted by Crippen LogP contribution is -2.51. The minimum absolute atomic E-state index is 0.107. The van der Waals surface area contributed by atoms with Crippen LogP contribution in [0.25, 0.3) is 10.9 Å². The molecule has 1 fully saturated rings. The average molecular weight is 337 g/mol. The number of ketones is 1. The van der Waals surface area contributed by atoms with Crippen LogP contribution >= 0.6 is 0 Å². The molecular weight excluding hydrogens is 314 g/mol. The van der Waals surface area contributed by atoms with E-state index in [1.54, 1.807) is 6.26 Å². The zero-order chi connectivity index (χ0) is 17.2. The minimum Gasteiger partial charge on any atom is -0.468 e. The Morgan fingerprint density at radius 3 is 2.72 bits per heavy atom.